The van der Waals surface area contributed by atoms with Crippen LogP contribution >= 0.6 is 0 Å². The zero-order valence-electron chi connectivity index (χ0n) is 41.4. The number of nitrogens with zero attached hydrogens (tertiary/aromatic N) is 3. The Morgan fingerprint density at radius 1 is 0.494 bits per heavy atom. The van der Waals surface area contributed by atoms with E-state index in [1.165, 1.54) is 4.68 Å². The quantitative estimate of drug-likeness (QED) is 0.0320. The molecule has 1 aromatic heterocycles. The van der Waals surface area contributed by atoms with Gasteiger partial charge in [0.2, 0.25) is 0 Å². The largest absolute Gasteiger partial charge is 0.481 e. The maximum atomic E-state index is 13.6. The molecule has 3 aromatic carbocycles. The number of carbonyl (C=O) groups excluding carboxylic acids is 5. The summed E-state index contributed by atoms with van der Waals surface area (Å²) in [5.41, 5.74) is 3.44. The fourth-order valence-corrected chi connectivity index (χ4v) is 7.64. The van der Waals surface area contributed by atoms with Crippen molar-refractivity contribution in [3.05, 3.63) is 113 Å². The third-order valence-electron chi connectivity index (χ3n) is 11.8. The number of Topliss-reactive ketones (excluding diaryl/α,β-unsaturated/α-hetero) is 2. The molecule has 4 atom stereocenters. The molecule has 25 nitrogen and oxygen atoms in total. The predicted molar refractivity (Wildman–Crippen MR) is 266 cm³/mol. The minimum absolute atomic E-state index is 0.0268. The Bertz CT molecular complexity index is 2600. The normalized spacial score (nSPS) is 12.5. The number of aromatic nitrogens is 3. The van der Waals surface area contributed by atoms with E-state index in [1.807, 2.05) is 0 Å². The molecule has 0 bridgehead atoms. The molecular weight excluding hydrogens is 1020 g/mol. The van der Waals surface area contributed by atoms with Gasteiger partial charge in [-0.1, -0.05) is 53.7 Å². The zero-order valence-corrected chi connectivity index (χ0v) is 41.4. The second-order valence-electron chi connectivity index (χ2n) is 17.9. The van der Waals surface area contributed by atoms with Crippen LogP contribution in [0.1, 0.15) is 96.1 Å². The van der Waals surface area contributed by atoms with Gasteiger partial charge in [0.1, 0.15) is 35.7 Å². The van der Waals surface area contributed by atoms with Crippen molar-refractivity contribution in [2.24, 2.45) is 0 Å². The van der Waals surface area contributed by atoms with Gasteiger partial charge >= 0.3 is 47.9 Å². The van der Waals surface area contributed by atoms with Crippen LogP contribution in [0, 0.1) is 0 Å². The molecule has 4 rings (SSSR count). The summed E-state index contributed by atoms with van der Waals surface area (Å²) in [5, 5.41) is 75.3. The van der Waals surface area contributed by atoms with Crippen molar-refractivity contribution in [1.29, 1.82) is 0 Å². The molecule has 0 aliphatic carbocycles. The lowest BCUT2D eigenvalue weighted by Crippen LogP contribution is -2.51. The van der Waals surface area contributed by atoms with Crippen molar-refractivity contribution in [2.45, 2.75) is 120 Å². The standard InChI is InChI=1S/C51H59FN8O17/c52-23-1-2-35-28-60(59-58-35)36-15-11-33(12-16-36)45(67)53-34(13-17-37(61)24-29-3-7-31(8-4-29)26-41(48(72)73)56-50(76)54-39(46(68)69)19-21-43(63)64)14-18-38(62)25-30-5-9-32(10-6-30)27-42(49(74)75)57-51(77)55-40(47(70)71)20-22-44(65)66/h3-12,15-16,28,34,39-42H,1-2,13-14,17-27H2,(H,53,67)(H,63,64)(H,65,66)(H,68,69)(H,70,71)(H,72,73)(H,74,75)(H2,54,56,76)(H2,55,57,77)/t39-,40-,41-,42-/m0/s1. The summed E-state index contributed by atoms with van der Waals surface area (Å²) >= 11 is 0. The molecule has 0 saturated heterocycles. The molecule has 11 N–H and O–H groups in total. The fraction of sp³-hybridized carbons (Fsp3) is 0.392. The van der Waals surface area contributed by atoms with E-state index in [2.05, 4.69) is 36.9 Å². The molecule has 0 fully saturated rings. The molecule has 77 heavy (non-hydrogen) atoms. The summed E-state index contributed by atoms with van der Waals surface area (Å²) in [6, 6.07) is 9.82. The van der Waals surface area contributed by atoms with Gasteiger partial charge in [0.25, 0.3) is 5.91 Å². The smallest absolute Gasteiger partial charge is 0.326 e. The number of benzene rings is 3. The number of halogens is 1. The van der Waals surface area contributed by atoms with E-state index in [-0.39, 0.29) is 68.5 Å². The SMILES string of the molecule is O=C(O)CC[C@H](NC(=O)N[C@@H](Cc1ccc(CC(=O)CCC(CCC(=O)Cc2ccc(C[C@H](NC(=O)N[C@@H](CCC(=O)O)C(=O)O)C(=O)O)cc2)NC(=O)c2ccc(-n3cc(CCCF)nn3)cc2)cc1)C(=O)O)C(=O)O. The summed E-state index contributed by atoms with van der Waals surface area (Å²) in [7, 11) is 0. The highest BCUT2D eigenvalue weighted by molar-refractivity contribution is 5.95. The number of rotatable bonds is 34. The number of carboxylic acids is 6. The number of hydrogen-bond donors (Lipinski definition) is 11. The number of ketones is 2. The first kappa shape index (κ1) is 60.5. The van der Waals surface area contributed by atoms with Crippen LogP contribution in [0.25, 0.3) is 5.69 Å². The number of aryl methyl sites for hydroxylation is 1. The highest BCUT2D eigenvalue weighted by Gasteiger charge is 2.27. The van der Waals surface area contributed by atoms with E-state index in [1.54, 1.807) is 79.0 Å². The average molecular weight is 1080 g/mol. The van der Waals surface area contributed by atoms with Gasteiger partial charge < -0.3 is 57.2 Å². The van der Waals surface area contributed by atoms with Crippen LogP contribution in [0.5, 0.6) is 0 Å². The topological polar surface area (TPSA) is 400 Å². The van der Waals surface area contributed by atoms with Gasteiger partial charge in [-0.2, -0.15) is 0 Å². The predicted octanol–water partition coefficient (Wildman–Crippen LogP) is 2.68. The van der Waals surface area contributed by atoms with Gasteiger partial charge in [0.15, 0.2) is 0 Å². The van der Waals surface area contributed by atoms with E-state index in [0.29, 0.717) is 46.5 Å². The third kappa shape index (κ3) is 21.7. The Labute approximate surface area is 438 Å². The average Bonchev–Trinajstić information content (AvgIpc) is 3.86. The molecule has 0 radical (unpaired) electrons. The van der Waals surface area contributed by atoms with Gasteiger partial charge in [-0.05, 0) is 85.0 Å². The molecule has 0 unspecified atom stereocenters. The van der Waals surface area contributed by atoms with Crippen molar-refractivity contribution < 1.29 is 87.8 Å². The van der Waals surface area contributed by atoms with Crippen molar-refractivity contribution in [1.82, 2.24) is 41.6 Å². The summed E-state index contributed by atoms with van der Waals surface area (Å²) in [6.45, 7) is -0.501. The highest BCUT2D eigenvalue weighted by atomic mass is 19.1. The zero-order chi connectivity index (χ0) is 56.6. The van der Waals surface area contributed by atoms with Crippen molar-refractivity contribution in [3.63, 3.8) is 0 Å². The molecular formula is C51H59FN8O17. The Kier molecular flexibility index (Phi) is 23.8. The van der Waals surface area contributed by atoms with Crippen LogP contribution in [-0.2, 0) is 70.5 Å². The van der Waals surface area contributed by atoms with Gasteiger partial charge in [-0.15, -0.1) is 5.10 Å². The molecule has 412 valence electrons. The van der Waals surface area contributed by atoms with Crippen LogP contribution < -0.4 is 26.6 Å². The van der Waals surface area contributed by atoms with E-state index in [0.717, 1.165) is 0 Å². The maximum absolute atomic E-state index is 13.6. The first-order valence-corrected chi connectivity index (χ1v) is 24.1. The summed E-state index contributed by atoms with van der Waals surface area (Å²) in [4.78, 5) is 134. The van der Waals surface area contributed by atoms with E-state index >= 15 is 0 Å². The molecule has 4 aromatic rings. The van der Waals surface area contributed by atoms with E-state index < -0.39 is 116 Å². The summed E-state index contributed by atoms with van der Waals surface area (Å²) in [5.74, 6) is -9.41. The highest BCUT2D eigenvalue weighted by Crippen LogP contribution is 2.17. The number of nitrogens with one attached hydrogen (secondary N) is 5. The van der Waals surface area contributed by atoms with Crippen molar-refractivity contribution in [3.8, 4) is 5.69 Å². The lowest BCUT2D eigenvalue weighted by Gasteiger charge is -2.19. The number of carboxylic acid groups (broad SMARTS) is 6. The Morgan fingerprint density at radius 2 is 0.896 bits per heavy atom. The van der Waals surface area contributed by atoms with Crippen LogP contribution in [0.4, 0.5) is 14.0 Å². The molecule has 0 aliphatic heterocycles. The van der Waals surface area contributed by atoms with Gasteiger partial charge in [0.05, 0.1) is 24.3 Å². The van der Waals surface area contributed by atoms with Crippen LogP contribution in [0.2, 0.25) is 0 Å². The Morgan fingerprint density at radius 3 is 1.29 bits per heavy atom. The first-order chi connectivity index (χ1) is 36.6. The lowest BCUT2D eigenvalue weighted by atomic mass is 9.96. The minimum Gasteiger partial charge on any atom is -0.481 e. The molecule has 0 spiro atoms. The van der Waals surface area contributed by atoms with Gasteiger partial charge in [-0.3, -0.25) is 28.4 Å². The minimum atomic E-state index is -1.58. The molecule has 0 saturated carbocycles. The number of alkyl halides is 1. The summed E-state index contributed by atoms with van der Waals surface area (Å²) in [6.07, 6.45) is 0.00311. The van der Waals surface area contributed by atoms with Crippen LogP contribution in [-0.4, -0.2) is 148 Å². The second-order valence-corrected chi connectivity index (χ2v) is 17.9. The molecule has 0 aliphatic rings. The number of amides is 5. The van der Waals surface area contributed by atoms with E-state index in [9.17, 15) is 77.6 Å². The first-order valence-electron chi connectivity index (χ1n) is 24.1. The molecule has 26 heteroatoms. The molecule has 1 heterocycles. The number of hydrogen-bond acceptors (Lipinski definition) is 13. The number of aliphatic carboxylic acids is 6. The second kappa shape index (κ2) is 30.3. The number of urea groups is 2. The molecule has 5 amide bonds. The number of carbonyl (C=O) groups is 11. The van der Waals surface area contributed by atoms with Gasteiger partial charge in [0, 0.05) is 63.0 Å². The van der Waals surface area contributed by atoms with Crippen LogP contribution in [0.15, 0.2) is 79.0 Å². The van der Waals surface area contributed by atoms with Crippen molar-refractivity contribution >= 4 is 65.4 Å². The van der Waals surface area contributed by atoms with Crippen molar-refractivity contribution in [2.75, 3.05) is 6.67 Å². The van der Waals surface area contributed by atoms with E-state index in [4.69, 9.17) is 10.2 Å². The Balaban J connectivity index is 1.38. The monoisotopic (exact) mass is 1070 g/mol. The Hall–Kier alpha value is -9.10. The fourth-order valence-electron chi connectivity index (χ4n) is 7.64. The maximum Gasteiger partial charge on any atom is 0.326 e. The summed E-state index contributed by atoms with van der Waals surface area (Å²) < 4.78 is 14.1. The lowest BCUT2D eigenvalue weighted by molar-refractivity contribution is -0.142. The van der Waals surface area contributed by atoms with Crippen LogP contribution in [0.3, 0.4) is 0 Å². The third-order valence-corrected chi connectivity index (χ3v) is 11.8. The van der Waals surface area contributed by atoms with Gasteiger partial charge in [-0.25, -0.2) is 33.4 Å².